The first-order chi connectivity index (χ1) is 28.0. The highest BCUT2D eigenvalue weighted by molar-refractivity contribution is 6.12. The summed E-state index contributed by atoms with van der Waals surface area (Å²) in [4.78, 5) is 7.27. The van der Waals surface area contributed by atoms with Gasteiger partial charge in [-0.25, -0.2) is 9.69 Å². The van der Waals surface area contributed by atoms with Crippen LogP contribution in [0, 0.1) is 35.8 Å². The van der Waals surface area contributed by atoms with Gasteiger partial charge in [-0.15, -0.1) is 0 Å². The van der Waals surface area contributed by atoms with Gasteiger partial charge < -0.3 is 4.57 Å². The van der Waals surface area contributed by atoms with Crippen molar-refractivity contribution in [2.24, 2.45) is 0 Å². The summed E-state index contributed by atoms with van der Waals surface area (Å²) >= 11 is 0. The van der Waals surface area contributed by atoms with Crippen molar-refractivity contribution in [3.63, 3.8) is 0 Å². The molecule has 8 aromatic carbocycles. The van der Waals surface area contributed by atoms with Crippen molar-refractivity contribution < 1.29 is 0 Å². The number of benzene rings is 8. The van der Waals surface area contributed by atoms with Gasteiger partial charge in [-0.3, -0.25) is 0 Å². The van der Waals surface area contributed by atoms with Crippen LogP contribution < -0.4 is 0 Å². The molecule has 0 amide bonds. The maximum atomic E-state index is 9.78. The van der Waals surface area contributed by atoms with Crippen LogP contribution in [0.2, 0.25) is 0 Å². The Kier molecular flexibility index (Phi) is 8.66. The molecule has 5 heteroatoms. The zero-order valence-electron chi connectivity index (χ0n) is 30.5. The number of hydrogen-bond acceptors (Lipinski definition) is 2. The number of nitriles is 2. The fourth-order valence-corrected chi connectivity index (χ4v) is 7.80. The molecule has 0 aliphatic carbocycles. The summed E-state index contributed by atoms with van der Waals surface area (Å²) in [5.74, 6) is 0. The van der Waals surface area contributed by atoms with Crippen LogP contribution in [0.15, 0.2) is 176 Å². The molecule has 1 heterocycles. The number of rotatable bonds is 6. The molecule has 0 spiro atoms. The minimum atomic E-state index is 0.406. The van der Waals surface area contributed by atoms with Crippen LogP contribution >= 0.6 is 0 Å². The second kappa shape index (κ2) is 14.4. The molecule has 0 saturated carbocycles. The van der Waals surface area contributed by atoms with E-state index in [4.69, 9.17) is 13.1 Å². The average molecular weight is 724 g/mol. The Morgan fingerprint density at radius 2 is 0.877 bits per heavy atom. The molecule has 0 aliphatic rings. The second-order valence-corrected chi connectivity index (χ2v) is 13.8. The Labute approximate surface area is 330 Å². The standard InChI is InChI=1S/C52H29N5/c1-55-43-25-34(32-53)23-41(27-43)39-18-21-51-48(30-39)49-31-40(42-24-35(33-54)26-44(28-42)56-2)19-22-52(49)57(51)50-16-10-9-15-46(50)45-20-17-38(36-11-5-3-6-12-36)29-47(45)37-13-7-4-8-14-37/h3-31H. The summed E-state index contributed by atoms with van der Waals surface area (Å²) in [6.45, 7) is 15.3. The van der Waals surface area contributed by atoms with Crippen molar-refractivity contribution in [3.05, 3.63) is 210 Å². The van der Waals surface area contributed by atoms with Crippen LogP contribution in [0.5, 0.6) is 0 Å². The highest BCUT2D eigenvalue weighted by Crippen LogP contribution is 2.43. The van der Waals surface area contributed by atoms with Crippen molar-refractivity contribution in [2.75, 3.05) is 0 Å². The molecule has 262 valence electrons. The third-order valence-corrected chi connectivity index (χ3v) is 10.4. The number of fused-ring (bicyclic) bond motifs is 3. The van der Waals surface area contributed by atoms with Gasteiger partial charge in [0.2, 0.25) is 0 Å². The van der Waals surface area contributed by atoms with Crippen LogP contribution in [-0.2, 0) is 0 Å². The Morgan fingerprint density at radius 3 is 1.42 bits per heavy atom. The van der Waals surface area contributed by atoms with E-state index in [1.165, 1.54) is 0 Å². The maximum Gasteiger partial charge on any atom is 0.189 e. The molecule has 0 N–H and O–H groups in total. The van der Waals surface area contributed by atoms with Gasteiger partial charge >= 0.3 is 0 Å². The van der Waals surface area contributed by atoms with Crippen molar-refractivity contribution in [3.8, 4) is 73.5 Å². The molecule has 1 aromatic heterocycles. The number of para-hydroxylation sites is 1. The Balaban J connectivity index is 1.32. The van der Waals surface area contributed by atoms with Gasteiger partial charge in [0.05, 0.1) is 42.0 Å². The summed E-state index contributed by atoms with van der Waals surface area (Å²) in [5, 5.41) is 21.5. The molecular formula is C52H29N5. The number of hydrogen-bond donors (Lipinski definition) is 0. The first-order valence-corrected chi connectivity index (χ1v) is 18.3. The number of nitrogens with zero attached hydrogens (tertiary/aromatic N) is 5. The molecule has 0 saturated heterocycles. The summed E-state index contributed by atoms with van der Waals surface area (Å²) < 4.78 is 2.31. The Morgan fingerprint density at radius 1 is 0.386 bits per heavy atom. The van der Waals surface area contributed by atoms with Crippen molar-refractivity contribution >= 4 is 33.2 Å². The largest absolute Gasteiger partial charge is 0.309 e. The topological polar surface area (TPSA) is 61.2 Å². The van der Waals surface area contributed by atoms with E-state index < -0.39 is 0 Å². The van der Waals surface area contributed by atoms with Gasteiger partial charge in [-0.2, -0.15) is 10.5 Å². The van der Waals surface area contributed by atoms with Crippen molar-refractivity contribution in [1.82, 2.24) is 4.57 Å². The Hall–Kier alpha value is -8.48. The zero-order chi connectivity index (χ0) is 38.9. The van der Waals surface area contributed by atoms with E-state index in [0.29, 0.717) is 22.5 Å². The molecule has 9 rings (SSSR count). The van der Waals surface area contributed by atoms with E-state index in [9.17, 15) is 10.5 Å². The van der Waals surface area contributed by atoms with Crippen LogP contribution in [0.25, 0.3) is 92.8 Å². The molecule has 0 radical (unpaired) electrons. The van der Waals surface area contributed by atoms with Gasteiger partial charge in [-0.05, 0) is 123 Å². The average Bonchev–Trinajstić information content (AvgIpc) is 3.61. The highest BCUT2D eigenvalue weighted by atomic mass is 15.0. The lowest BCUT2D eigenvalue weighted by Gasteiger charge is -2.18. The predicted octanol–water partition coefficient (Wildman–Crippen LogP) is 14.0. The summed E-state index contributed by atoms with van der Waals surface area (Å²) in [6, 6.07) is 63.6. The Bertz CT molecular complexity index is 3020. The molecule has 0 unspecified atom stereocenters. The van der Waals surface area contributed by atoms with Gasteiger partial charge in [0, 0.05) is 27.5 Å². The van der Waals surface area contributed by atoms with E-state index in [0.717, 1.165) is 83.1 Å². The summed E-state index contributed by atoms with van der Waals surface area (Å²) in [6.07, 6.45) is 0. The molecule has 9 aromatic rings. The normalized spacial score (nSPS) is 10.7. The van der Waals surface area contributed by atoms with Crippen molar-refractivity contribution in [2.45, 2.75) is 0 Å². The second-order valence-electron chi connectivity index (χ2n) is 13.8. The molecule has 0 aliphatic heterocycles. The van der Waals surface area contributed by atoms with Gasteiger partial charge in [0.15, 0.2) is 11.4 Å². The quantitative estimate of drug-likeness (QED) is 0.160. The lowest BCUT2D eigenvalue weighted by atomic mass is 9.90. The minimum Gasteiger partial charge on any atom is -0.309 e. The van der Waals surface area contributed by atoms with Crippen LogP contribution in [-0.4, -0.2) is 4.57 Å². The van der Waals surface area contributed by atoms with Crippen LogP contribution in [0.3, 0.4) is 0 Å². The third kappa shape index (κ3) is 6.25. The van der Waals surface area contributed by atoms with E-state index in [1.54, 1.807) is 12.1 Å². The zero-order valence-corrected chi connectivity index (χ0v) is 30.5. The minimum absolute atomic E-state index is 0.406. The lowest BCUT2D eigenvalue weighted by molar-refractivity contribution is 1.18. The van der Waals surface area contributed by atoms with Gasteiger partial charge in [0.1, 0.15) is 0 Å². The molecule has 0 fully saturated rings. The summed E-state index contributed by atoms with van der Waals surface area (Å²) in [7, 11) is 0. The molecule has 0 atom stereocenters. The molecule has 57 heavy (non-hydrogen) atoms. The van der Waals surface area contributed by atoms with E-state index in [-0.39, 0.29) is 0 Å². The van der Waals surface area contributed by atoms with Crippen LogP contribution in [0.1, 0.15) is 11.1 Å². The fourth-order valence-electron chi connectivity index (χ4n) is 7.80. The third-order valence-electron chi connectivity index (χ3n) is 10.4. The van der Waals surface area contributed by atoms with Gasteiger partial charge in [0.25, 0.3) is 0 Å². The lowest BCUT2D eigenvalue weighted by Crippen LogP contribution is -1.98. The monoisotopic (exact) mass is 723 g/mol. The smallest absolute Gasteiger partial charge is 0.189 e. The number of aromatic nitrogens is 1. The van der Waals surface area contributed by atoms with Gasteiger partial charge in [-0.1, -0.05) is 103 Å². The van der Waals surface area contributed by atoms with E-state index in [2.05, 4.69) is 142 Å². The fraction of sp³-hybridized carbons (Fsp3) is 0. The van der Waals surface area contributed by atoms with Crippen LogP contribution in [0.4, 0.5) is 11.4 Å². The predicted molar refractivity (Wildman–Crippen MR) is 230 cm³/mol. The molecule has 5 nitrogen and oxygen atoms in total. The summed E-state index contributed by atoms with van der Waals surface area (Å²) in [5.41, 5.74) is 14.7. The van der Waals surface area contributed by atoms with E-state index in [1.807, 2.05) is 48.5 Å². The highest BCUT2D eigenvalue weighted by Gasteiger charge is 2.20. The SMILES string of the molecule is [C-]#[N+]c1cc(C#N)cc(-c2ccc3c(c2)c2cc(-c4cc(C#N)cc([N+]#[C-])c4)ccc2n3-c2ccccc2-c2ccc(-c3ccccc3)cc2-c2ccccc2)c1. The molecule has 0 bridgehead atoms. The first kappa shape index (κ1) is 34.3. The van der Waals surface area contributed by atoms with Crippen molar-refractivity contribution in [1.29, 1.82) is 10.5 Å². The molecular weight excluding hydrogens is 695 g/mol. The first-order valence-electron chi connectivity index (χ1n) is 18.3. The van der Waals surface area contributed by atoms with E-state index >= 15 is 0 Å². The maximum absolute atomic E-state index is 9.78.